The normalized spacial score (nSPS) is 17.6. The van der Waals surface area contributed by atoms with Gasteiger partial charge >= 0.3 is 0 Å². The molecule has 2 aliphatic rings. The van der Waals surface area contributed by atoms with Gasteiger partial charge < -0.3 is 4.90 Å². The smallest absolute Gasteiger partial charge is 0.164 e. The van der Waals surface area contributed by atoms with E-state index in [1.807, 2.05) is 0 Å². The van der Waals surface area contributed by atoms with Gasteiger partial charge in [0.25, 0.3) is 0 Å². The zero-order chi connectivity index (χ0) is 23.9. The van der Waals surface area contributed by atoms with Crippen LogP contribution in [0.1, 0.15) is 45.5 Å². The lowest BCUT2D eigenvalue weighted by Gasteiger charge is -2.34. The summed E-state index contributed by atoms with van der Waals surface area (Å²) in [6, 6.07) is 27.8. The standard InChI is InChI=1S/C31H37N3O/c35-31(15-17-32-18-20-33(21-19-32)23-26-8-3-1-4-9-26)29-14-13-28-12-7-16-34(25-30(28)22-29)24-27-10-5-2-6-11-27/h1-6,8-11,13-14,22H,7,12,15-21,23-25H2. The summed E-state index contributed by atoms with van der Waals surface area (Å²) in [6.07, 6.45) is 2.87. The summed E-state index contributed by atoms with van der Waals surface area (Å²) in [5.74, 6) is 0.276. The number of fused-ring (bicyclic) bond motifs is 1. The van der Waals surface area contributed by atoms with Crippen LogP contribution in [0.2, 0.25) is 0 Å². The molecule has 0 aliphatic carbocycles. The molecule has 4 nitrogen and oxygen atoms in total. The van der Waals surface area contributed by atoms with Crippen molar-refractivity contribution in [2.24, 2.45) is 0 Å². The van der Waals surface area contributed by atoms with Gasteiger partial charge in [-0.15, -0.1) is 0 Å². The second-order valence-electron chi connectivity index (χ2n) is 10.1. The lowest BCUT2D eigenvalue weighted by molar-refractivity contribution is 0.0922. The zero-order valence-corrected chi connectivity index (χ0v) is 20.7. The first-order chi connectivity index (χ1) is 17.2. The minimum absolute atomic E-state index is 0.276. The van der Waals surface area contributed by atoms with Gasteiger partial charge in [-0.05, 0) is 47.7 Å². The maximum atomic E-state index is 13.1. The number of aryl methyl sites for hydroxylation is 1. The molecule has 0 unspecified atom stereocenters. The number of Topliss-reactive ketones (excluding diaryl/α,β-unsaturated/α-hetero) is 1. The van der Waals surface area contributed by atoms with Crippen molar-refractivity contribution in [2.45, 2.75) is 38.9 Å². The third-order valence-corrected chi connectivity index (χ3v) is 7.46. The first-order valence-electron chi connectivity index (χ1n) is 13.1. The van der Waals surface area contributed by atoms with E-state index >= 15 is 0 Å². The van der Waals surface area contributed by atoms with E-state index in [4.69, 9.17) is 0 Å². The number of rotatable bonds is 8. The maximum absolute atomic E-state index is 13.1. The van der Waals surface area contributed by atoms with Gasteiger partial charge in [-0.25, -0.2) is 0 Å². The molecule has 0 spiro atoms. The minimum atomic E-state index is 0.276. The van der Waals surface area contributed by atoms with Crippen molar-refractivity contribution in [3.8, 4) is 0 Å². The Balaban J connectivity index is 1.12. The van der Waals surface area contributed by atoms with Gasteiger partial charge in [-0.3, -0.25) is 14.6 Å². The van der Waals surface area contributed by atoms with Gasteiger partial charge in [0.05, 0.1) is 0 Å². The Hall–Kier alpha value is -2.79. The van der Waals surface area contributed by atoms with Crippen molar-refractivity contribution >= 4 is 5.78 Å². The largest absolute Gasteiger partial charge is 0.300 e. The molecule has 4 heteroatoms. The van der Waals surface area contributed by atoms with E-state index in [0.29, 0.717) is 6.42 Å². The molecule has 0 aromatic heterocycles. The molecule has 2 aliphatic heterocycles. The number of hydrogen-bond donors (Lipinski definition) is 0. The number of nitrogens with zero attached hydrogens (tertiary/aromatic N) is 3. The first-order valence-corrected chi connectivity index (χ1v) is 13.1. The van der Waals surface area contributed by atoms with Gasteiger partial charge in [0.15, 0.2) is 5.78 Å². The van der Waals surface area contributed by atoms with Crippen LogP contribution < -0.4 is 0 Å². The molecule has 0 atom stereocenters. The van der Waals surface area contributed by atoms with E-state index in [9.17, 15) is 4.79 Å². The van der Waals surface area contributed by atoms with Crippen LogP contribution in [0.5, 0.6) is 0 Å². The Morgan fingerprint density at radius 3 is 1.97 bits per heavy atom. The molecule has 0 bridgehead atoms. The van der Waals surface area contributed by atoms with E-state index in [2.05, 4.69) is 93.6 Å². The number of ketones is 1. The number of carbonyl (C=O) groups excluding carboxylic acids is 1. The zero-order valence-electron chi connectivity index (χ0n) is 20.7. The molecule has 0 saturated carbocycles. The Labute approximate surface area is 210 Å². The van der Waals surface area contributed by atoms with Crippen molar-refractivity contribution in [1.82, 2.24) is 14.7 Å². The summed E-state index contributed by atoms with van der Waals surface area (Å²) in [6.45, 7) is 9.08. The quantitative estimate of drug-likeness (QED) is 0.435. The average molecular weight is 468 g/mol. The molecule has 5 rings (SSSR count). The van der Waals surface area contributed by atoms with Gasteiger partial charge in [0, 0.05) is 64.3 Å². The topological polar surface area (TPSA) is 26.8 Å². The fourth-order valence-electron chi connectivity index (χ4n) is 5.40. The number of piperazine rings is 1. The fourth-order valence-corrected chi connectivity index (χ4v) is 5.40. The third kappa shape index (κ3) is 6.66. The molecule has 2 heterocycles. The summed E-state index contributed by atoms with van der Waals surface area (Å²) in [7, 11) is 0. The molecule has 1 fully saturated rings. The lowest BCUT2D eigenvalue weighted by Crippen LogP contribution is -2.46. The van der Waals surface area contributed by atoms with Gasteiger partial charge in [-0.1, -0.05) is 72.8 Å². The predicted octanol–water partition coefficient (Wildman–Crippen LogP) is 5.03. The minimum Gasteiger partial charge on any atom is -0.300 e. The van der Waals surface area contributed by atoms with Crippen LogP contribution in [-0.2, 0) is 26.1 Å². The van der Waals surface area contributed by atoms with Crippen LogP contribution in [0.4, 0.5) is 0 Å². The molecule has 3 aromatic carbocycles. The Kier molecular flexibility index (Phi) is 8.04. The highest BCUT2D eigenvalue weighted by atomic mass is 16.1. The Morgan fingerprint density at radius 1 is 0.657 bits per heavy atom. The Morgan fingerprint density at radius 2 is 1.29 bits per heavy atom. The average Bonchev–Trinajstić information content (AvgIpc) is 3.10. The van der Waals surface area contributed by atoms with Crippen LogP contribution in [0.15, 0.2) is 78.9 Å². The van der Waals surface area contributed by atoms with Crippen molar-refractivity contribution in [2.75, 3.05) is 39.3 Å². The van der Waals surface area contributed by atoms with E-state index in [-0.39, 0.29) is 5.78 Å². The number of hydrogen-bond acceptors (Lipinski definition) is 4. The highest BCUT2D eigenvalue weighted by Gasteiger charge is 2.20. The molecule has 35 heavy (non-hydrogen) atoms. The SMILES string of the molecule is O=C(CCN1CCN(Cc2ccccc2)CC1)c1ccc2c(c1)CN(Cc1ccccc1)CCC2. The molecular weight excluding hydrogens is 430 g/mol. The molecule has 3 aromatic rings. The van der Waals surface area contributed by atoms with Crippen molar-refractivity contribution in [3.05, 3.63) is 107 Å². The summed E-state index contributed by atoms with van der Waals surface area (Å²) in [4.78, 5) is 20.6. The fraction of sp³-hybridized carbons (Fsp3) is 0.387. The Bertz CT molecular complexity index is 1090. The summed E-state index contributed by atoms with van der Waals surface area (Å²) in [5.41, 5.74) is 6.35. The van der Waals surface area contributed by atoms with Crippen molar-refractivity contribution in [1.29, 1.82) is 0 Å². The molecule has 182 valence electrons. The van der Waals surface area contributed by atoms with E-state index in [0.717, 1.165) is 70.9 Å². The molecule has 0 radical (unpaired) electrons. The highest BCUT2D eigenvalue weighted by molar-refractivity contribution is 5.96. The van der Waals surface area contributed by atoms with Gasteiger partial charge in [0.1, 0.15) is 0 Å². The van der Waals surface area contributed by atoms with Crippen LogP contribution in [0.25, 0.3) is 0 Å². The van der Waals surface area contributed by atoms with E-state index in [1.165, 1.54) is 28.7 Å². The number of benzene rings is 3. The number of carbonyl (C=O) groups is 1. The summed E-state index contributed by atoms with van der Waals surface area (Å²) < 4.78 is 0. The van der Waals surface area contributed by atoms with Gasteiger partial charge in [-0.2, -0.15) is 0 Å². The van der Waals surface area contributed by atoms with Crippen LogP contribution in [-0.4, -0.2) is 59.8 Å². The van der Waals surface area contributed by atoms with E-state index in [1.54, 1.807) is 0 Å². The molecule has 0 N–H and O–H groups in total. The lowest BCUT2D eigenvalue weighted by atomic mass is 9.98. The van der Waals surface area contributed by atoms with E-state index < -0.39 is 0 Å². The third-order valence-electron chi connectivity index (χ3n) is 7.46. The molecular formula is C31H37N3O. The van der Waals surface area contributed by atoms with Crippen molar-refractivity contribution in [3.63, 3.8) is 0 Å². The first kappa shape index (κ1) is 23.9. The second-order valence-corrected chi connectivity index (χ2v) is 10.1. The second kappa shape index (κ2) is 11.8. The van der Waals surface area contributed by atoms with Crippen LogP contribution >= 0.6 is 0 Å². The predicted molar refractivity (Wildman–Crippen MR) is 142 cm³/mol. The van der Waals surface area contributed by atoms with Crippen LogP contribution in [0.3, 0.4) is 0 Å². The molecule has 1 saturated heterocycles. The highest BCUT2D eigenvalue weighted by Crippen LogP contribution is 2.22. The molecule has 0 amide bonds. The van der Waals surface area contributed by atoms with Gasteiger partial charge in [0.2, 0.25) is 0 Å². The van der Waals surface area contributed by atoms with Crippen molar-refractivity contribution < 1.29 is 4.79 Å². The monoisotopic (exact) mass is 467 g/mol. The maximum Gasteiger partial charge on any atom is 0.164 e. The summed E-state index contributed by atoms with van der Waals surface area (Å²) in [5, 5.41) is 0. The summed E-state index contributed by atoms with van der Waals surface area (Å²) >= 11 is 0. The van der Waals surface area contributed by atoms with Crippen LogP contribution in [0, 0.1) is 0 Å².